The van der Waals surface area contributed by atoms with Crippen molar-refractivity contribution in [2.24, 2.45) is 5.73 Å². The third-order valence-electron chi connectivity index (χ3n) is 4.55. The van der Waals surface area contributed by atoms with Crippen molar-refractivity contribution < 1.29 is 23.2 Å². The van der Waals surface area contributed by atoms with Crippen LogP contribution in [0.5, 0.6) is 0 Å². The molecule has 33 heavy (non-hydrogen) atoms. The van der Waals surface area contributed by atoms with E-state index in [0.717, 1.165) is 6.20 Å². The molecule has 0 spiro atoms. The van der Waals surface area contributed by atoms with Crippen molar-refractivity contribution in [3.05, 3.63) is 77.6 Å². The summed E-state index contributed by atoms with van der Waals surface area (Å²) in [5.41, 5.74) is 3.97. The van der Waals surface area contributed by atoms with Gasteiger partial charge >= 0.3 is 0 Å². The summed E-state index contributed by atoms with van der Waals surface area (Å²) in [7, 11) is 0. The van der Waals surface area contributed by atoms with Gasteiger partial charge in [-0.2, -0.15) is 0 Å². The van der Waals surface area contributed by atoms with E-state index in [1.165, 1.54) is 31.4 Å². The van der Waals surface area contributed by atoms with Gasteiger partial charge in [0.2, 0.25) is 0 Å². The van der Waals surface area contributed by atoms with Gasteiger partial charge in [0.25, 0.3) is 5.91 Å². The van der Waals surface area contributed by atoms with E-state index in [9.17, 15) is 18.7 Å². The average molecular weight is 457 g/mol. The first kappa shape index (κ1) is 23.5. The number of amides is 1. The highest BCUT2D eigenvalue weighted by atomic mass is 19.1. The number of hydrogen-bond donors (Lipinski definition) is 5. The zero-order chi connectivity index (χ0) is 24.0. The number of nitrogens with zero attached hydrogens (tertiary/aromatic N) is 3. The zero-order valence-electron chi connectivity index (χ0n) is 17.5. The number of carbonyl (C=O) groups is 1. The van der Waals surface area contributed by atoms with Gasteiger partial charge in [0, 0.05) is 18.2 Å². The number of aliphatic hydroxyl groups is 1. The van der Waals surface area contributed by atoms with Crippen LogP contribution in [0.1, 0.15) is 24.0 Å². The second kappa shape index (κ2) is 9.96. The molecule has 0 aliphatic carbocycles. The van der Waals surface area contributed by atoms with Crippen molar-refractivity contribution in [3.63, 3.8) is 0 Å². The minimum Gasteiger partial charge on any atom is -0.379 e. The second-order valence-electron chi connectivity index (χ2n) is 7.18. The number of rotatable bonds is 10. The second-order valence-corrected chi connectivity index (χ2v) is 7.18. The van der Waals surface area contributed by atoms with Crippen LogP contribution in [0.3, 0.4) is 0 Å². The lowest BCUT2D eigenvalue weighted by Gasteiger charge is -2.20. The van der Waals surface area contributed by atoms with Gasteiger partial charge in [0.15, 0.2) is 23.1 Å². The highest BCUT2D eigenvalue weighted by molar-refractivity contribution is 6.07. The number of primary amides is 1. The molecular weight excluding hydrogens is 436 g/mol. The van der Waals surface area contributed by atoms with Crippen molar-refractivity contribution in [1.82, 2.24) is 20.4 Å². The summed E-state index contributed by atoms with van der Waals surface area (Å²) in [5.74, 6) is -2.75. The quantitative estimate of drug-likeness (QED) is 0.287. The molecule has 0 saturated heterocycles. The SMILES string of the molecule is CC(O)(CNc1nc(C(=N)/C=C(\NCc2ccccc2F)c2ccon2)ncc1F)C(N)=O. The Morgan fingerprint density at radius 1 is 1.30 bits per heavy atom. The van der Waals surface area contributed by atoms with Gasteiger partial charge in [0.05, 0.1) is 18.4 Å². The highest BCUT2D eigenvalue weighted by Crippen LogP contribution is 2.15. The third-order valence-corrected chi connectivity index (χ3v) is 4.55. The summed E-state index contributed by atoms with van der Waals surface area (Å²) >= 11 is 0. The summed E-state index contributed by atoms with van der Waals surface area (Å²) in [6.45, 7) is 0.851. The summed E-state index contributed by atoms with van der Waals surface area (Å²) in [6, 6.07) is 7.74. The molecule has 1 aromatic carbocycles. The predicted octanol–water partition coefficient (Wildman–Crippen LogP) is 1.59. The Kier molecular flexibility index (Phi) is 7.08. The molecule has 3 rings (SSSR count). The van der Waals surface area contributed by atoms with Crippen molar-refractivity contribution in [2.75, 3.05) is 11.9 Å². The fraction of sp³-hybridized carbons (Fsp3) is 0.190. The van der Waals surface area contributed by atoms with Crippen LogP contribution in [0, 0.1) is 17.0 Å². The van der Waals surface area contributed by atoms with Crippen LogP contribution < -0.4 is 16.4 Å². The van der Waals surface area contributed by atoms with Gasteiger partial charge in [-0.15, -0.1) is 0 Å². The molecule has 1 atom stereocenters. The first-order valence-corrected chi connectivity index (χ1v) is 9.64. The third kappa shape index (κ3) is 5.95. The maximum Gasteiger partial charge on any atom is 0.250 e. The Balaban J connectivity index is 1.82. The topological polar surface area (TPSA) is 163 Å². The smallest absolute Gasteiger partial charge is 0.250 e. The van der Waals surface area contributed by atoms with Gasteiger partial charge in [-0.1, -0.05) is 23.4 Å². The van der Waals surface area contributed by atoms with Gasteiger partial charge < -0.3 is 26.0 Å². The molecular formula is C21H21F2N7O3. The van der Waals surface area contributed by atoms with Crippen LogP contribution in [0.25, 0.3) is 5.70 Å². The zero-order valence-corrected chi connectivity index (χ0v) is 17.5. The maximum atomic E-state index is 14.1. The Hall–Kier alpha value is -4.19. The molecule has 1 amide bonds. The molecule has 3 aromatic rings. The molecule has 2 aromatic heterocycles. The van der Waals surface area contributed by atoms with Crippen molar-refractivity contribution in [3.8, 4) is 0 Å². The molecule has 1 unspecified atom stereocenters. The number of anilines is 1. The van der Waals surface area contributed by atoms with Crippen LogP contribution in [-0.4, -0.2) is 44.0 Å². The fourth-order valence-electron chi connectivity index (χ4n) is 2.57. The van der Waals surface area contributed by atoms with Crippen LogP contribution in [0.2, 0.25) is 0 Å². The maximum absolute atomic E-state index is 14.1. The lowest BCUT2D eigenvalue weighted by atomic mass is 10.1. The minimum absolute atomic E-state index is 0.0952. The molecule has 0 bridgehead atoms. The van der Waals surface area contributed by atoms with Crippen LogP contribution in [-0.2, 0) is 11.3 Å². The van der Waals surface area contributed by atoms with E-state index in [1.807, 2.05) is 0 Å². The molecule has 10 nitrogen and oxygen atoms in total. The number of carbonyl (C=O) groups excluding carboxylic acids is 1. The predicted molar refractivity (Wildman–Crippen MR) is 115 cm³/mol. The van der Waals surface area contributed by atoms with E-state index >= 15 is 0 Å². The average Bonchev–Trinajstić information content (AvgIpc) is 3.31. The van der Waals surface area contributed by atoms with E-state index in [0.29, 0.717) is 17.0 Å². The lowest BCUT2D eigenvalue weighted by molar-refractivity contribution is -0.133. The number of aromatic nitrogens is 3. The minimum atomic E-state index is -1.94. The molecule has 0 aliphatic heterocycles. The van der Waals surface area contributed by atoms with Crippen LogP contribution >= 0.6 is 0 Å². The van der Waals surface area contributed by atoms with Gasteiger partial charge in [-0.05, 0) is 19.1 Å². The molecule has 0 fully saturated rings. The Morgan fingerprint density at radius 2 is 2.06 bits per heavy atom. The summed E-state index contributed by atoms with van der Waals surface area (Å²) < 4.78 is 32.9. The highest BCUT2D eigenvalue weighted by Gasteiger charge is 2.28. The van der Waals surface area contributed by atoms with E-state index in [1.54, 1.807) is 18.2 Å². The van der Waals surface area contributed by atoms with E-state index in [2.05, 4.69) is 25.8 Å². The number of nitrogens with two attached hydrogens (primary N) is 1. The summed E-state index contributed by atoms with van der Waals surface area (Å²) in [6.07, 6.45) is 3.50. The summed E-state index contributed by atoms with van der Waals surface area (Å²) in [5, 5.41) is 27.5. The molecule has 6 N–H and O–H groups in total. The fourth-order valence-corrected chi connectivity index (χ4v) is 2.57. The number of nitrogens with one attached hydrogen (secondary N) is 3. The number of allylic oxidation sites excluding steroid dienone is 1. The van der Waals surface area contributed by atoms with Crippen LogP contribution in [0.4, 0.5) is 14.6 Å². The Bertz CT molecular complexity index is 1180. The molecule has 12 heteroatoms. The van der Waals surface area contributed by atoms with Crippen LogP contribution in [0.15, 0.2) is 53.4 Å². The first-order valence-electron chi connectivity index (χ1n) is 9.64. The molecule has 172 valence electrons. The largest absolute Gasteiger partial charge is 0.379 e. The molecule has 0 aliphatic rings. The van der Waals surface area contributed by atoms with Gasteiger partial charge in [-0.25, -0.2) is 18.7 Å². The van der Waals surface area contributed by atoms with E-state index < -0.39 is 29.7 Å². The van der Waals surface area contributed by atoms with Crippen molar-refractivity contribution in [2.45, 2.75) is 19.1 Å². The number of benzene rings is 1. The van der Waals surface area contributed by atoms with Gasteiger partial charge in [-0.3, -0.25) is 10.2 Å². The number of halogens is 2. The summed E-state index contributed by atoms with van der Waals surface area (Å²) in [4.78, 5) is 19.0. The van der Waals surface area contributed by atoms with E-state index in [4.69, 9.17) is 15.7 Å². The lowest BCUT2D eigenvalue weighted by Crippen LogP contribution is -2.46. The molecule has 0 radical (unpaired) electrons. The molecule has 2 heterocycles. The van der Waals surface area contributed by atoms with Crippen molar-refractivity contribution >= 4 is 23.1 Å². The van der Waals surface area contributed by atoms with E-state index in [-0.39, 0.29) is 23.9 Å². The normalized spacial score (nSPS) is 13.3. The first-order chi connectivity index (χ1) is 15.7. The van der Waals surface area contributed by atoms with Gasteiger partial charge in [0.1, 0.15) is 23.5 Å². The monoisotopic (exact) mass is 457 g/mol. The van der Waals surface area contributed by atoms with Crippen molar-refractivity contribution in [1.29, 1.82) is 5.41 Å². The number of hydrogen-bond acceptors (Lipinski definition) is 9. The Morgan fingerprint density at radius 3 is 2.73 bits per heavy atom. The Labute approximate surface area is 187 Å². The molecule has 0 saturated carbocycles. The standard InChI is InChI=1S/C21H21F2N7O3/c1-21(32,20(25)31)11-28-18-14(23)10-27-19(29-18)15(24)8-17(16-6-7-33-30-16)26-9-12-4-2-3-5-13(12)22/h2-8,10,24,26,32H,9,11H2,1H3,(H2,25,31)(H,27,28,29)/b17-8-,24-15?.